The van der Waals surface area contributed by atoms with E-state index in [4.69, 9.17) is 10.5 Å². The van der Waals surface area contributed by atoms with E-state index in [0.29, 0.717) is 39.1 Å². The molecule has 1 aromatic carbocycles. The lowest BCUT2D eigenvalue weighted by molar-refractivity contribution is -0.136. The van der Waals surface area contributed by atoms with Crippen LogP contribution >= 0.6 is 12.4 Å². The highest BCUT2D eigenvalue weighted by Crippen LogP contribution is 2.29. The summed E-state index contributed by atoms with van der Waals surface area (Å²) in [5.41, 5.74) is 7.17. The molecule has 7 heteroatoms. The molecule has 2 aromatic rings. The van der Waals surface area contributed by atoms with Crippen LogP contribution in [0.5, 0.6) is 0 Å². The van der Waals surface area contributed by atoms with Crippen LogP contribution in [0.2, 0.25) is 0 Å². The molecule has 2 heterocycles. The van der Waals surface area contributed by atoms with Crippen LogP contribution in [0.4, 0.5) is 0 Å². The Morgan fingerprint density at radius 1 is 1.25 bits per heavy atom. The average Bonchev–Trinajstić information content (AvgIpc) is 3.10. The Hall–Kier alpha value is -1.89. The molecule has 1 amide bonds. The fourth-order valence-electron chi connectivity index (χ4n) is 2.82. The number of aromatic nitrogens is 2. The quantitative estimate of drug-likeness (QED) is 0.859. The third-order valence-corrected chi connectivity index (χ3v) is 4.42. The van der Waals surface area contributed by atoms with Crippen LogP contribution < -0.4 is 11.1 Å². The van der Waals surface area contributed by atoms with Crippen molar-refractivity contribution < 1.29 is 9.53 Å². The number of rotatable bonds is 5. The van der Waals surface area contributed by atoms with Crippen LogP contribution in [0.15, 0.2) is 42.6 Å². The maximum Gasteiger partial charge on any atom is 0.227 e. The first-order chi connectivity index (χ1) is 11.2. The van der Waals surface area contributed by atoms with E-state index in [9.17, 15) is 4.79 Å². The molecule has 6 nitrogen and oxygen atoms in total. The maximum absolute atomic E-state index is 12.5. The summed E-state index contributed by atoms with van der Waals surface area (Å²) in [6.45, 7) is 1.93. The monoisotopic (exact) mass is 350 g/mol. The van der Waals surface area contributed by atoms with Gasteiger partial charge >= 0.3 is 0 Å². The van der Waals surface area contributed by atoms with Crippen molar-refractivity contribution in [1.29, 1.82) is 0 Å². The van der Waals surface area contributed by atoms with E-state index in [1.165, 1.54) is 0 Å². The molecule has 0 unspecified atom stereocenters. The summed E-state index contributed by atoms with van der Waals surface area (Å²) in [5, 5.41) is 7.47. The molecular weight excluding hydrogens is 328 g/mol. The molecule has 0 saturated carbocycles. The predicted molar refractivity (Wildman–Crippen MR) is 94.2 cm³/mol. The number of para-hydroxylation sites is 1. The molecule has 0 atom stereocenters. The topological polar surface area (TPSA) is 82.2 Å². The van der Waals surface area contributed by atoms with E-state index < -0.39 is 5.41 Å². The largest absolute Gasteiger partial charge is 0.381 e. The summed E-state index contributed by atoms with van der Waals surface area (Å²) >= 11 is 0. The van der Waals surface area contributed by atoms with Crippen molar-refractivity contribution in [3.05, 3.63) is 48.3 Å². The summed E-state index contributed by atoms with van der Waals surface area (Å²) in [5.74, 6) is -0.00226. The maximum atomic E-state index is 12.5. The van der Waals surface area contributed by atoms with Gasteiger partial charge in [0, 0.05) is 26.0 Å². The van der Waals surface area contributed by atoms with Gasteiger partial charge in [0.1, 0.15) is 0 Å². The zero-order valence-corrected chi connectivity index (χ0v) is 14.3. The van der Waals surface area contributed by atoms with Gasteiger partial charge in [0.2, 0.25) is 5.91 Å². The number of nitrogens with two attached hydrogens (primary N) is 1. The molecule has 3 N–H and O–H groups in total. The van der Waals surface area contributed by atoms with Gasteiger partial charge in [-0.3, -0.25) is 4.79 Å². The van der Waals surface area contributed by atoms with E-state index in [1.54, 1.807) is 4.68 Å². The van der Waals surface area contributed by atoms with Gasteiger partial charge in [0.15, 0.2) is 0 Å². The van der Waals surface area contributed by atoms with Crippen molar-refractivity contribution in [2.75, 3.05) is 19.8 Å². The Morgan fingerprint density at radius 2 is 1.96 bits per heavy atom. The minimum atomic E-state index is -0.500. The zero-order chi connectivity index (χ0) is 16.1. The molecule has 0 aliphatic carbocycles. The molecule has 24 heavy (non-hydrogen) atoms. The SMILES string of the molecule is Cl.NCC1(C(=O)NCc2ccn(-c3ccccc3)n2)CCOCC1. The number of benzene rings is 1. The highest BCUT2D eigenvalue weighted by molar-refractivity contribution is 5.85. The Bertz CT molecular complexity index is 654. The Balaban J connectivity index is 0.00000208. The van der Waals surface area contributed by atoms with Crippen LogP contribution in [0.25, 0.3) is 5.69 Å². The summed E-state index contributed by atoms with van der Waals surface area (Å²) in [6.07, 6.45) is 3.24. The molecule has 1 aliphatic rings. The summed E-state index contributed by atoms with van der Waals surface area (Å²) in [7, 11) is 0. The van der Waals surface area contributed by atoms with Crippen LogP contribution in [-0.2, 0) is 16.1 Å². The molecule has 1 saturated heterocycles. The number of halogens is 1. The van der Waals surface area contributed by atoms with Crippen LogP contribution in [-0.4, -0.2) is 35.4 Å². The number of carbonyl (C=O) groups excluding carboxylic acids is 1. The van der Waals surface area contributed by atoms with E-state index in [0.717, 1.165) is 11.4 Å². The third-order valence-electron chi connectivity index (χ3n) is 4.42. The number of hydrogen-bond acceptors (Lipinski definition) is 4. The van der Waals surface area contributed by atoms with Crippen molar-refractivity contribution in [3.8, 4) is 5.69 Å². The molecule has 3 rings (SSSR count). The van der Waals surface area contributed by atoms with Crippen molar-refractivity contribution in [2.45, 2.75) is 19.4 Å². The second kappa shape index (κ2) is 8.28. The molecule has 1 aliphatic heterocycles. The van der Waals surface area contributed by atoms with Crippen molar-refractivity contribution in [3.63, 3.8) is 0 Å². The van der Waals surface area contributed by atoms with Gasteiger partial charge in [0.05, 0.1) is 23.3 Å². The Labute approximate surface area is 147 Å². The van der Waals surface area contributed by atoms with Crippen LogP contribution in [0, 0.1) is 5.41 Å². The summed E-state index contributed by atoms with van der Waals surface area (Å²) in [4.78, 5) is 12.5. The fraction of sp³-hybridized carbons (Fsp3) is 0.412. The molecule has 130 valence electrons. The standard InChI is InChI=1S/C17H22N4O2.ClH/c18-13-17(7-10-23-11-8-17)16(22)19-12-14-6-9-21(20-14)15-4-2-1-3-5-15;/h1-6,9H,7-8,10-13,18H2,(H,19,22);1H. The van der Waals surface area contributed by atoms with Gasteiger partial charge in [-0.1, -0.05) is 18.2 Å². The number of nitrogens with zero attached hydrogens (tertiary/aromatic N) is 2. The van der Waals surface area contributed by atoms with Gasteiger partial charge in [-0.25, -0.2) is 4.68 Å². The first-order valence-corrected chi connectivity index (χ1v) is 7.90. The normalized spacial score (nSPS) is 16.2. The first-order valence-electron chi connectivity index (χ1n) is 7.90. The number of ether oxygens (including phenoxy) is 1. The molecular formula is C17H23ClN4O2. The first kappa shape index (κ1) is 18.4. The summed E-state index contributed by atoms with van der Waals surface area (Å²) in [6, 6.07) is 11.8. The molecule has 0 bridgehead atoms. The zero-order valence-electron chi connectivity index (χ0n) is 13.5. The second-order valence-electron chi connectivity index (χ2n) is 5.87. The molecule has 1 fully saturated rings. The highest BCUT2D eigenvalue weighted by atomic mass is 35.5. The molecule has 0 radical (unpaired) electrons. The average molecular weight is 351 g/mol. The fourth-order valence-corrected chi connectivity index (χ4v) is 2.82. The number of hydrogen-bond donors (Lipinski definition) is 2. The number of nitrogens with one attached hydrogen (secondary N) is 1. The Morgan fingerprint density at radius 3 is 2.62 bits per heavy atom. The van der Waals surface area contributed by atoms with Gasteiger partial charge in [0.25, 0.3) is 0 Å². The number of amides is 1. The summed E-state index contributed by atoms with van der Waals surface area (Å²) < 4.78 is 7.14. The Kier molecular flexibility index (Phi) is 6.36. The number of carbonyl (C=O) groups is 1. The lowest BCUT2D eigenvalue weighted by atomic mass is 9.79. The third kappa shape index (κ3) is 3.95. The lowest BCUT2D eigenvalue weighted by Gasteiger charge is -2.34. The molecule has 1 aromatic heterocycles. The van der Waals surface area contributed by atoms with Gasteiger partial charge in [-0.05, 0) is 31.0 Å². The van der Waals surface area contributed by atoms with E-state index in [1.807, 2.05) is 42.6 Å². The van der Waals surface area contributed by atoms with Crippen molar-refractivity contribution >= 4 is 18.3 Å². The predicted octanol–water partition coefficient (Wildman–Crippen LogP) is 1.67. The van der Waals surface area contributed by atoms with Crippen LogP contribution in [0.1, 0.15) is 18.5 Å². The van der Waals surface area contributed by atoms with Crippen molar-refractivity contribution in [2.24, 2.45) is 11.1 Å². The highest BCUT2D eigenvalue weighted by Gasteiger charge is 2.38. The van der Waals surface area contributed by atoms with E-state index in [2.05, 4.69) is 10.4 Å². The lowest BCUT2D eigenvalue weighted by Crippen LogP contribution is -2.49. The van der Waals surface area contributed by atoms with Crippen molar-refractivity contribution in [1.82, 2.24) is 15.1 Å². The smallest absolute Gasteiger partial charge is 0.227 e. The minimum Gasteiger partial charge on any atom is -0.381 e. The van der Waals surface area contributed by atoms with E-state index >= 15 is 0 Å². The van der Waals surface area contributed by atoms with E-state index in [-0.39, 0.29) is 18.3 Å². The molecule has 0 spiro atoms. The van der Waals surface area contributed by atoms with Gasteiger partial charge in [-0.2, -0.15) is 5.10 Å². The van der Waals surface area contributed by atoms with Gasteiger partial charge in [-0.15, -0.1) is 12.4 Å². The van der Waals surface area contributed by atoms with Crippen LogP contribution in [0.3, 0.4) is 0 Å². The second-order valence-corrected chi connectivity index (χ2v) is 5.87. The van der Waals surface area contributed by atoms with Gasteiger partial charge < -0.3 is 15.8 Å². The minimum absolute atomic E-state index is 0.